The minimum absolute atomic E-state index is 0.265. The van der Waals surface area contributed by atoms with E-state index in [0.717, 1.165) is 12.8 Å². The molecule has 0 saturated carbocycles. The van der Waals surface area contributed by atoms with Gasteiger partial charge >= 0.3 is 8.74 Å². The van der Waals surface area contributed by atoms with Crippen LogP contribution < -0.4 is 5.19 Å². The van der Waals surface area contributed by atoms with E-state index in [1.165, 1.54) is 0 Å². The van der Waals surface area contributed by atoms with Crippen molar-refractivity contribution in [2.75, 3.05) is 0 Å². The SMILES string of the molecule is F[Si](F)(c1ccccc1)[C@@H]1C=CCCC1. The maximum Gasteiger partial charge on any atom is 0.462 e. The molecular weight excluding hydrogens is 210 g/mol. The molecule has 1 aromatic rings. The predicted molar refractivity (Wildman–Crippen MR) is 60.8 cm³/mol. The van der Waals surface area contributed by atoms with Crippen molar-refractivity contribution < 1.29 is 8.22 Å². The lowest BCUT2D eigenvalue weighted by Crippen LogP contribution is -2.43. The molecule has 0 saturated heterocycles. The Morgan fingerprint density at radius 3 is 2.47 bits per heavy atom. The van der Waals surface area contributed by atoms with Gasteiger partial charge in [0.15, 0.2) is 0 Å². The number of hydrogen-bond donors (Lipinski definition) is 0. The van der Waals surface area contributed by atoms with Crippen molar-refractivity contribution in [3.63, 3.8) is 0 Å². The highest BCUT2D eigenvalue weighted by Crippen LogP contribution is 2.33. The van der Waals surface area contributed by atoms with Crippen LogP contribution in [0.2, 0.25) is 5.54 Å². The fraction of sp³-hybridized carbons (Fsp3) is 0.333. The molecule has 0 bridgehead atoms. The maximum atomic E-state index is 14.1. The number of rotatable bonds is 2. The van der Waals surface area contributed by atoms with Crippen LogP contribution in [0, 0.1) is 0 Å². The van der Waals surface area contributed by atoms with E-state index in [-0.39, 0.29) is 5.19 Å². The standard InChI is InChI=1S/C12H14F2Si/c13-15(14,11-7-3-1-4-8-11)12-9-5-2-6-10-12/h1,3-5,7-9,12H,2,6,10H2/t12-/m1/s1. The Balaban J connectivity index is 2.26. The average molecular weight is 224 g/mol. The van der Waals surface area contributed by atoms with E-state index in [4.69, 9.17) is 0 Å². The molecule has 0 spiro atoms. The van der Waals surface area contributed by atoms with Gasteiger partial charge in [-0.1, -0.05) is 42.5 Å². The monoisotopic (exact) mass is 224 g/mol. The second-order valence-corrected chi connectivity index (χ2v) is 6.52. The zero-order valence-corrected chi connectivity index (χ0v) is 9.50. The van der Waals surface area contributed by atoms with Gasteiger partial charge in [0.05, 0.1) is 0 Å². The lowest BCUT2D eigenvalue weighted by Gasteiger charge is -2.23. The van der Waals surface area contributed by atoms with Crippen molar-refractivity contribution in [2.24, 2.45) is 0 Å². The molecule has 0 N–H and O–H groups in total. The summed E-state index contributed by atoms with van der Waals surface area (Å²) >= 11 is 0. The second kappa shape index (κ2) is 4.27. The first-order valence-corrected chi connectivity index (χ1v) is 7.14. The van der Waals surface area contributed by atoms with Gasteiger partial charge < -0.3 is 0 Å². The number of allylic oxidation sites excluding steroid dienone is 2. The van der Waals surface area contributed by atoms with Crippen LogP contribution in [-0.4, -0.2) is 8.74 Å². The van der Waals surface area contributed by atoms with Crippen molar-refractivity contribution in [1.29, 1.82) is 0 Å². The molecule has 1 aliphatic rings. The molecular formula is C12H14F2Si. The van der Waals surface area contributed by atoms with Gasteiger partial charge in [-0.15, -0.1) is 0 Å². The third kappa shape index (κ3) is 2.17. The Labute approximate surface area is 90.0 Å². The third-order valence-electron chi connectivity index (χ3n) is 2.88. The van der Waals surface area contributed by atoms with Gasteiger partial charge in [-0.3, -0.25) is 8.22 Å². The van der Waals surface area contributed by atoms with Gasteiger partial charge in [0.25, 0.3) is 0 Å². The number of halogens is 2. The molecule has 1 atom stereocenters. The van der Waals surface area contributed by atoms with Crippen LogP contribution in [0.1, 0.15) is 19.3 Å². The summed E-state index contributed by atoms with van der Waals surface area (Å²) in [7, 11) is -4.27. The Hall–Kier alpha value is -0.963. The molecule has 0 aliphatic heterocycles. The molecule has 0 fully saturated rings. The van der Waals surface area contributed by atoms with E-state index in [2.05, 4.69) is 0 Å². The summed E-state index contributed by atoms with van der Waals surface area (Å²) in [5.41, 5.74) is -0.492. The van der Waals surface area contributed by atoms with Crippen molar-refractivity contribution in [3.8, 4) is 0 Å². The highest BCUT2D eigenvalue weighted by Gasteiger charge is 2.45. The van der Waals surface area contributed by atoms with E-state index in [1.54, 1.807) is 36.4 Å². The van der Waals surface area contributed by atoms with E-state index in [0.29, 0.717) is 6.42 Å². The molecule has 1 aromatic carbocycles. The van der Waals surface area contributed by atoms with Crippen LogP contribution in [0.5, 0.6) is 0 Å². The molecule has 0 radical (unpaired) electrons. The Morgan fingerprint density at radius 1 is 1.13 bits per heavy atom. The fourth-order valence-corrected chi connectivity index (χ4v) is 4.00. The zero-order valence-electron chi connectivity index (χ0n) is 8.50. The summed E-state index contributed by atoms with van der Waals surface area (Å²) in [6.07, 6.45) is 6.12. The van der Waals surface area contributed by atoms with Crippen LogP contribution in [0.4, 0.5) is 8.22 Å². The van der Waals surface area contributed by atoms with Gasteiger partial charge in [0, 0.05) is 10.7 Å². The quantitative estimate of drug-likeness (QED) is 0.410. The van der Waals surface area contributed by atoms with Crippen molar-refractivity contribution in [3.05, 3.63) is 42.5 Å². The van der Waals surface area contributed by atoms with Crippen molar-refractivity contribution >= 4 is 13.9 Å². The number of benzene rings is 1. The van der Waals surface area contributed by atoms with Crippen LogP contribution in [0.25, 0.3) is 0 Å². The minimum atomic E-state index is -4.27. The van der Waals surface area contributed by atoms with Crippen LogP contribution in [-0.2, 0) is 0 Å². The first-order chi connectivity index (χ1) is 7.21. The predicted octanol–water partition coefficient (Wildman–Crippen LogP) is 3.39. The van der Waals surface area contributed by atoms with Crippen molar-refractivity contribution in [1.82, 2.24) is 0 Å². The number of hydrogen-bond acceptors (Lipinski definition) is 0. The Kier molecular flexibility index (Phi) is 3.00. The largest absolute Gasteiger partial charge is 0.462 e. The maximum absolute atomic E-state index is 14.1. The first kappa shape index (κ1) is 10.6. The van der Waals surface area contributed by atoms with Gasteiger partial charge in [-0.2, -0.15) is 0 Å². The van der Waals surface area contributed by atoms with Crippen LogP contribution in [0.3, 0.4) is 0 Å². The summed E-state index contributed by atoms with van der Waals surface area (Å²) in [6.45, 7) is 0. The van der Waals surface area contributed by atoms with E-state index in [9.17, 15) is 8.22 Å². The molecule has 2 rings (SSSR count). The normalized spacial score (nSPS) is 21.6. The highest BCUT2D eigenvalue weighted by atomic mass is 28.4. The minimum Gasteiger partial charge on any atom is -0.264 e. The molecule has 0 nitrogen and oxygen atoms in total. The Bertz CT molecular complexity index is 346. The lowest BCUT2D eigenvalue weighted by atomic mass is 10.1. The first-order valence-electron chi connectivity index (χ1n) is 5.31. The van der Waals surface area contributed by atoms with E-state index >= 15 is 0 Å². The average Bonchev–Trinajstić information content (AvgIpc) is 2.31. The fourth-order valence-electron chi connectivity index (χ4n) is 1.99. The molecule has 80 valence electrons. The van der Waals surface area contributed by atoms with Gasteiger partial charge in [0.2, 0.25) is 0 Å². The topological polar surface area (TPSA) is 0 Å². The molecule has 0 aromatic heterocycles. The summed E-state index contributed by atoms with van der Waals surface area (Å²) < 4.78 is 28.3. The van der Waals surface area contributed by atoms with Gasteiger partial charge in [-0.05, 0) is 19.3 Å². The summed E-state index contributed by atoms with van der Waals surface area (Å²) in [5, 5.41) is 0.265. The lowest BCUT2D eigenvalue weighted by molar-refractivity contribution is 0.564. The summed E-state index contributed by atoms with van der Waals surface area (Å²) in [5.74, 6) is 0. The molecule has 1 aliphatic carbocycles. The third-order valence-corrected chi connectivity index (χ3v) is 5.39. The second-order valence-electron chi connectivity index (χ2n) is 3.95. The van der Waals surface area contributed by atoms with E-state index < -0.39 is 14.3 Å². The Morgan fingerprint density at radius 2 is 1.87 bits per heavy atom. The molecule has 15 heavy (non-hydrogen) atoms. The molecule has 0 unspecified atom stereocenters. The van der Waals surface area contributed by atoms with Gasteiger partial charge in [-0.25, -0.2) is 0 Å². The molecule has 0 heterocycles. The van der Waals surface area contributed by atoms with Crippen LogP contribution in [0.15, 0.2) is 42.5 Å². The van der Waals surface area contributed by atoms with Crippen LogP contribution >= 0.6 is 0 Å². The highest BCUT2D eigenvalue weighted by molar-refractivity contribution is 6.81. The zero-order chi connectivity index (χ0) is 10.7. The molecule has 0 amide bonds. The molecule has 3 heteroatoms. The summed E-state index contributed by atoms with van der Waals surface area (Å²) in [4.78, 5) is 0. The van der Waals surface area contributed by atoms with Gasteiger partial charge in [0.1, 0.15) is 0 Å². The van der Waals surface area contributed by atoms with Crippen molar-refractivity contribution in [2.45, 2.75) is 24.8 Å². The summed E-state index contributed by atoms with van der Waals surface area (Å²) in [6, 6.07) is 8.31. The smallest absolute Gasteiger partial charge is 0.264 e. The van der Waals surface area contributed by atoms with E-state index in [1.807, 2.05) is 6.08 Å².